The van der Waals surface area contributed by atoms with E-state index in [-0.39, 0.29) is 29.7 Å². The fourth-order valence-electron chi connectivity index (χ4n) is 4.28. The van der Waals surface area contributed by atoms with Gasteiger partial charge in [0.05, 0.1) is 12.0 Å². The monoisotopic (exact) mass is 357 g/mol. The Hall–Kier alpha value is -1.91. The number of nitrogens with zero attached hydrogens (tertiary/aromatic N) is 3. The molecule has 0 radical (unpaired) electrons. The van der Waals surface area contributed by atoms with E-state index in [0.29, 0.717) is 6.54 Å². The van der Waals surface area contributed by atoms with Gasteiger partial charge in [-0.25, -0.2) is 0 Å². The van der Waals surface area contributed by atoms with Crippen molar-refractivity contribution in [1.29, 1.82) is 0 Å². The number of pyridine rings is 1. The second-order valence-electron chi connectivity index (χ2n) is 7.96. The Morgan fingerprint density at radius 1 is 1.04 bits per heavy atom. The highest BCUT2D eigenvalue weighted by atomic mass is 16.2. The smallest absolute Gasteiger partial charge is 0.227 e. The molecule has 1 aromatic heterocycles. The Balaban J connectivity index is 1.76. The molecule has 2 fully saturated rings. The lowest BCUT2D eigenvalue weighted by Gasteiger charge is -2.38. The van der Waals surface area contributed by atoms with E-state index in [1.807, 2.05) is 43.3 Å². The van der Waals surface area contributed by atoms with Crippen LogP contribution in [0, 0.1) is 11.8 Å². The average Bonchev–Trinajstić information content (AvgIpc) is 2.93. The summed E-state index contributed by atoms with van der Waals surface area (Å²) in [7, 11) is 0. The van der Waals surface area contributed by atoms with Crippen molar-refractivity contribution >= 4 is 11.8 Å². The van der Waals surface area contributed by atoms with Crippen LogP contribution in [0.4, 0.5) is 0 Å². The van der Waals surface area contributed by atoms with E-state index < -0.39 is 0 Å². The third kappa shape index (κ3) is 4.25. The van der Waals surface area contributed by atoms with Crippen molar-refractivity contribution in [2.75, 3.05) is 19.6 Å². The molecule has 26 heavy (non-hydrogen) atoms. The summed E-state index contributed by atoms with van der Waals surface area (Å²) in [4.78, 5) is 33.9. The van der Waals surface area contributed by atoms with Crippen LogP contribution in [0.5, 0.6) is 0 Å². The molecular formula is C21H31N3O2. The predicted molar refractivity (Wildman–Crippen MR) is 101 cm³/mol. The minimum Gasteiger partial charge on any atom is -0.342 e. The first kappa shape index (κ1) is 18.9. The van der Waals surface area contributed by atoms with Gasteiger partial charge in [0.1, 0.15) is 0 Å². The Kier molecular flexibility index (Phi) is 6.28. The third-order valence-electron chi connectivity index (χ3n) is 5.70. The van der Waals surface area contributed by atoms with Gasteiger partial charge in [-0.2, -0.15) is 0 Å². The van der Waals surface area contributed by atoms with Crippen molar-refractivity contribution in [1.82, 2.24) is 14.8 Å². The van der Waals surface area contributed by atoms with Gasteiger partial charge in [0, 0.05) is 37.9 Å². The molecule has 0 bridgehead atoms. The second-order valence-corrected chi connectivity index (χ2v) is 7.96. The van der Waals surface area contributed by atoms with Crippen molar-refractivity contribution < 1.29 is 9.59 Å². The summed E-state index contributed by atoms with van der Waals surface area (Å²) in [5.41, 5.74) is 1.18. The average molecular weight is 357 g/mol. The predicted octanol–water partition coefficient (Wildman–Crippen LogP) is 3.42. The molecule has 1 aromatic rings. The molecule has 142 valence electrons. The number of carbonyl (C=O) groups excluding carboxylic acids is 2. The summed E-state index contributed by atoms with van der Waals surface area (Å²) in [5.74, 6) is 0.333. The van der Waals surface area contributed by atoms with Gasteiger partial charge in [-0.15, -0.1) is 0 Å². The van der Waals surface area contributed by atoms with Gasteiger partial charge in [0.25, 0.3) is 0 Å². The third-order valence-corrected chi connectivity index (χ3v) is 5.70. The van der Waals surface area contributed by atoms with Crippen LogP contribution in [0.2, 0.25) is 0 Å². The van der Waals surface area contributed by atoms with Gasteiger partial charge in [-0.05, 0) is 43.4 Å². The van der Waals surface area contributed by atoms with E-state index >= 15 is 0 Å². The first-order valence-corrected chi connectivity index (χ1v) is 10.1. The van der Waals surface area contributed by atoms with Gasteiger partial charge < -0.3 is 9.80 Å². The minimum absolute atomic E-state index is 0.00777. The standard InChI is InChI=1S/C21H31N3O2/c1-16(2)20(25)23-13-6-7-18(15-23)21(26)24-14-5-3-4-8-19(24)17-9-11-22-12-10-17/h9-12,16,18-19H,3-8,13-15H2,1-2H3. The molecule has 0 saturated carbocycles. The molecule has 2 atom stereocenters. The van der Waals surface area contributed by atoms with Crippen LogP contribution < -0.4 is 0 Å². The molecule has 5 heteroatoms. The van der Waals surface area contributed by atoms with Crippen LogP contribution in [-0.4, -0.2) is 46.2 Å². The normalized spacial score (nSPS) is 24.4. The molecule has 0 spiro atoms. The van der Waals surface area contributed by atoms with Gasteiger partial charge in [0.2, 0.25) is 11.8 Å². The number of carbonyl (C=O) groups is 2. The fraction of sp³-hybridized carbons (Fsp3) is 0.667. The SMILES string of the molecule is CC(C)C(=O)N1CCCC(C(=O)N2CCCCCC2c2ccncc2)C1. The molecule has 3 heterocycles. The van der Waals surface area contributed by atoms with Crippen molar-refractivity contribution in [3.05, 3.63) is 30.1 Å². The Morgan fingerprint density at radius 3 is 2.54 bits per heavy atom. The summed E-state index contributed by atoms with van der Waals surface area (Å²) in [6.45, 7) is 6.05. The van der Waals surface area contributed by atoms with Crippen LogP contribution >= 0.6 is 0 Å². The van der Waals surface area contributed by atoms with Crippen LogP contribution in [0.25, 0.3) is 0 Å². The fourth-order valence-corrected chi connectivity index (χ4v) is 4.28. The minimum atomic E-state index is -0.0612. The Labute approximate surface area is 156 Å². The Bertz CT molecular complexity index is 617. The topological polar surface area (TPSA) is 53.5 Å². The van der Waals surface area contributed by atoms with E-state index in [2.05, 4.69) is 9.88 Å². The number of hydrogen-bond donors (Lipinski definition) is 0. The second kappa shape index (κ2) is 8.65. The van der Waals surface area contributed by atoms with Crippen LogP contribution in [0.3, 0.4) is 0 Å². The van der Waals surface area contributed by atoms with E-state index in [1.54, 1.807) is 0 Å². The highest BCUT2D eigenvalue weighted by Gasteiger charge is 2.35. The molecule has 5 nitrogen and oxygen atoms in total. The maximum absolute atomic E-state index is 13.4. The highest BCUT2D eigenvalue weighted by molar-refractivity contribution is 5.82. The van der Waals surface area contributed by atoms with Crippen molar-refractivity contribution in [3.8, 4) is 0 Å². The maximum atomic E-state index is 13.4. The number of piperidine rings is 1. The molecule has 2 aliphatic rings. The van der Waals surface area contributed by atoms with Gasteiger partial charge >= 0.3 is 0 Å². The molecular weight excluding hydrogens is 326 g/mol. The lowest BCUT2D eigenvalue weighted by Crippen LogP contribution is -2.48. The quantitative estimate of drug-likeness (QED) is 0.833. The number of amides is 2. The van der Waals surface area contributed by atoms with Gasteiger partial charge in [0.15, 0.2) is 0 Å². The molecule has 2 aliphatic heterocycles. The van der Waals surface area contributed by atoms with Crippen molar-refractivity contribution in [2.45, 2.75) is 58.4 Å². The van der Waals surface area contributed by atoms with Gasteiger partial charge in [-0.3, -0.25) is 14.6 Å². The molecule has 0 aliphatic carbocycles. The van der Waals surface area contributed by atoms with E-state index in [4.69, 9.17) is 0 Å². The molecule has 2 amide bonds. The van der Waals surface area contributed by atoms with E-state index in [0.717, 1.165) is 45.2 Å². The molecule has 0 aromatic carbocycles. The number of rotatable bonds is 3. The first-order valence-electron chi connectivity index (χ1n) is 10.1. The molecule has 2 unspecified atom stereocenters. The lowest BCUT2D eigenvalue weighted by molar-refractivity contribution is -0.144. The maximum Gasteiger partial charge on any atom is 0.227 e. The summed E-state index contributed by atoms with van der Waals surface area (Å²) in [5, 5.41) is 0. The first-order chi connectivity index (χ1) is 12.6. The zero-order valence-electron chi connectivity index (χ0n) is 16.1. The van der Waals surface area contributed by atoms with E-state index in [1.165, 1.54) is 12.0 Å². The van der Waals surface area contributed by atoms with Crippen LogP contribution in [0.1, 0.15) is 64.0 Å². The number of hydrogen-bond acceptors (Lipinski definition) is 3. The molecule has 3 rings (SSSR count). The summed E-state index contributed by atoms with van der Waals surface area (Å²) < 4.78 is 0. The van der Waals surface area contributed by atoms with Crippen LogP contribution in [-0.2, 0) is 9.59 Å². The lowest BCUT2D eigenvalue weighted by atomic mass is 9.93. The zero-order valence-corrected chi connectivity index (χ0v) is 16.1. The summed E-state index contributed by atoms with van der Waals surface area (Å²) in [6, 6.07) is 4.21. The zero-order chi connectivity index (χ0) is 18.5. The Morgan fingerprint density at radius 2 is 1.81 bits per heavy atom. The van der Waals surface area contributed by atoms with Crippen LogP contribution in [0.15, 0.2) is 24.5 Å². The highest BCUT2D eigenvalue weighted by Crippen LogP contribution is 2.32. The molecule has 0 N–H and O–H groups in total. The largest absolute Gasteiger partial charge is 0.342 e. The number of aromatic nitrogens is 1. The molecule has 2 saturated heterocycles. The number of likely N-dealkylation sites (tertiary alicyclic amines) is 2. The van der Waals surface area contributed by atoms with E-state index in [9.17, 15) is 9.59 Å². The van der Waals surface area contributed by atoms with Crippen molar-refractivity contribution in [2.24, 2.45) is 11.8 Å². The summed E-state index contributed by atoms with van der Waals surface area (Å²) >= 11 is 0. The van der Waals surface area contributed by atoms with Crippen molar-refractivity contribution in [3.63, 3.8) is 0 Å². The van der Waals surface area contributed by atoms with Gasteiger partial charge in [-0.1, -0.05) is 26.7 Å². The summed E-state index contributed by atoms with van der Waals surface area (Å²) in [6.07, 6.45) is 9.83.